The highest BCUT2D eigenvalue weighted by molar-refractivity contribution is 7.91. The number of nitrogen functional groups attached to an aromatic ring is 2. The van der Waals surface area contributed by atoms with Gasteiger partial charge in [0.15, 0.2) is 15.7 Å². The van der Waals surface area contributed by atoms with Crippen LogP contribution in [-0.2, 0) is 9.84 Å². The number of fused-ring (bicyclic) bond motifs is 1. The first-order valence-electron chi connectivity index (χ1n) is 9.84. The predicted octanol–water partition coefficient (Wildman–Crippen LogP) is 2.71. The summed E-state index contributed by atoms with van der Waals surface area (Å²) in [6.45, 7) is 1.66. The van der Waals surface area contributed by atoms with E-state index in [4.69, 9.17) is 23.1 Å². The molecule has 0 aliphatic heterocycles. The van der Waals surface area contributed by atoms with Crippen LogP contribution in [0.2, 0.25) is 5.02 Å². The number of nitrogens with zero attached hydrogens (tertiary/aromatic N) is 4. The van der Waals surface area contributed by atoms with E-state index in [-0.39, 0.29) is 49.9 Å². The third-order valence-electron chi connectivity index (χ3n) is 4.99. The second kappa shape index (κ2) is 8.54. The molecule has 0 spiro atoms. The molecule has 0 aliphatic carbocycles. The summed E-state index contributed by atoms with van der Waals surface area (Å²) in [5.74, 6) is -0.518. The average Bonchev–Trinajstić information content (AvgIpc) is 2.75. The quantitative estimate of drug-likeness (QED) is 0.372. The Morgan fingerprint density at radius 2 is 1.82 bits per heavy atom. The number of hydrogen-bond donors (Lipinski definition) is 3. The van der Waals surface area contributed by atoms with Gasteiger partial charge in [0.1, 0.15) is 22.5 Å². The van der Waals surface area contributed by atoms with Gasteiger partial charge in [0, 0.05) is 6.26 Å². The Balaban J connectivity index is 2.01. The van der Waals surface area contributed by atoms with Crippen molar-refractivity contribution in [2.24, 2.45) is 0 Å². The fourth-order valence-electron chi connectivity index (χ4n) is 3.53. The van der Waals surface area contributed by atoms with E-state index in [0.717, 1.165) is 16.9 Å². The Hall–Kier alpha value is -3.77. The van der Waals surface area contributed by atoms with Crippen molar-refractivity contribution in [2.75, 3.05) is 23.0 Å². The first-order chi connectivity index (χ1) is 16.0. The van der Waals surface area contributed by atoms with Crippen molar-refractivity contribution in [3.8, 4) is 5.69 Å². The van der Waals surface area contributed by atoms with Crippen LogP contribution in [-0.4, -0.2) is 34.2 Å². The Morgan fingerprint density at radius 3 is 2.50 bits per heavy atom. The maximum atomic E-state index is 14.1. The minimum Gasteiger partial charge on any atom is -0.382 e. The molecule has 1 atom stereocenters. The predicted molar refractivity (Wildman–Crippen MR) is 128 cm³/mol. The van der Waals surface area contributed by atoms with Gasteiger partial charge < -0.3 is 16.8 Å². The Kier molecular flexibility index (Phi) is 5.87. The van der Waals surface area contributed by atoms with Crippen LogP contribution >= 0.6 is 11.6 Å². The molecule has 34 heavy (non-hydrogen) atoms. The fraction of sp³-hybridized carbons (Fsp3) is 0.143. The number of anilines is 3. The van der Waals surface area contributed by atoms with Crippen molar-refractivity contribution in [3.05, 3.63) is 69.5 Å². The molecule has 0 saturated heterocycles. The van der Waals surface area contributed by atoms with Gasteiger partial charge >= 0.3 is 0 Å². The van der Waals surface area contributed by atoms with E-state index in [2.05, 4.69) is 20.3 Å². The zero-order chi connectivity index (χ0) is 24.8. The molecule has 4 aromatic rings. The van der Waals surface area contributed by atoms with Crippen LogP contribution in [0.1, 0.15) is 18.8 Å². The first-order valence-corrected chi connectivity index (χ1v) is 12.1. The summed E-state index contributed by atoms with van der Waals surface area (Å²) in [5, 5.41) is 2.89. The lowest BCUT2D eigenvalue weighted by atomic mass is 10.2. The van der Waals surface area contributed by atoms with E-state index in [9.17, 15) is 17.6 Å². The van der Waals surface area contributed by atoms with Gasteiger partial charge in [-0.25, -0.2) is 17.8 Å². The topological polar surface area (TPSA) is 159 Å². The van der Waals surface area contributed by atoms with Crippen molar-refractivity contribution in [1.82, 2.24) is 19.5 Å². The monoisotopic (exact) mass is 503 g/mol. The van der Waals surface area contributed by atoms with Crippen LogP contribution in [0.25, 0.3) is 16.6 Å². The molecule has 4 rings (SSSR count). The molecule has 0 aliphatic rings. The van der Waals surface area contributed by atoms with Crippen LogP contribution in [0.15, 0.2) is 52.2 Å². The molecular weight excluding hydrogens is 485 g/mol. The Morgan fingerprint density at radius 1 is 1.12 bits per heavy atom. The summed E-state index contributed by atoms with van der Waals surface area (Å²) in [7, 11) is -3.76. The van der Waals surface area contributed by atoms with Crippen LogP contribution in [0, 0.1) is 5.82 Å². The summed E-state index contributed by atoms with van der Waals surface area (Å²) in [4.78, 5) is 25.9. The van der Waals surface area contributed by atoms with Crippen molar-refractivity contribution in [3.63, 3.8) is 0 Å². The highest BCUT2D eigenvalue weighted by Crippen LogP contribution is 2.30. The van der Waals surface area contributed by atoms with Crippen LogP contribution in [0.4, 0.5) is 22.0 Å². The molecule has 2 aromatic carbocycles. The van der Waals surface area contributed by atoms with E-state index < -0.39 is 27.3 Å². The number of benzene rings is 2. The number of rotatable bonds is 5. The largest absolute Gasteiger partial charge is 0.382 e. The maximum absolute atomic E-state index is 14.1. The van der Waals surface area contributed by atoms with Gasteiger partial charge in [-0.15, -0.1) is 0 Å². The molecule has 0 saturated carbocycles. The van der Waals surface area contributed by atoms with Gasteiger partial charge in [0.25, 0.3) is 5.56 Å². The summed E-state index contributed by atoms with van der Waals surface area (Å²) >= 11 is 6.20. The first kappa shape index (κ1) is 23.4. The van der Waals surface area contributed by atoms with Crippen molar-refractivity contribution < 1.29 is 12.8 Å². The van der Waals surface area contributed by atoms with Gasteiger partial charge in [-0.2, -0.15) is 9.97 Å². The minimum absolute atomic E-state index is 0.0147. The molecule has 2 heterocycles. The molecule has 0 amide bonds. The highest BCUT2D eigenvalue weighted by Gasteiger charge is 2.24. The van der Waals surface area contributed by atoms with Crippen molar-refractivity contribution in [2.45, 2.75) is 17.9 Å². The molecule has 0 unspecified atom stereocenters. The van der Waals surface area contributed by atoms with Crippen LogP contribution in [0.5, 0.6) is 0 Å². The molecule has 176 valence electrons. The number of aromatic nitrogens is 4. The van der Waals surface area contributed by atoms with E-state index >= 15 is 0 Å². The van der Waals surface area contributed by atoms with Gasteiger partial charge in [-0.05, 0) is 37.3 Å². The van der Waals surface area contributed by atoms with Gasteiger partial charge in [0.05, 0.1) is 27.5 Å². The molecule has 13 heteroatoms. The molecule has 0 bridgehead atoms. The Labute approximate surface area is 198 Å². The Bertz CT molecular complexity index is 1610. The SMILES string of the molecule is C[C@H](Nc1nc(N)nc(N)c1Cl)c1nc2cccc(S(C)(=O)=O)c2c(=O)n1-c1cccc(F)c1. The number of sulfone groups is 1. The lowest BCUT2D eigenvalue weighted by molar-refractivity contribution is 0.602. The van der Waals surface area contributed by atoms with Gasteiger partial charge in [-0.1, -0.05) is 23.7 Å². The molecular formula is C21H19ClFN7O3S. The molecule has 10 nitrogen and oxygen atoms in total. The van der Waals surface area contributed by atoms with Crippen LogP contribution in [0.3, 0.4) is 0 Å². The van der Waals surface area contributed by atoms with E-state index in [1.165, 1.54) is 36.4 Å². The van der Waals surface area contributed by atoms with Crippen molar-refractivity contribution in [1.29, 1.82) is 0 Å². The van der Waals surface area contributed by atoms with E-state index in [1.54, 1.807) is 6.92 Å². The number of halogens is 2. The molecule has 5 N–H and O–H groups in total. The number of hydrogen-bond acceptors (Lipinski definition) is 9. The summed E-state index contributed by atoms with van der Waals surface area (Å²) in [6.07, 6.45) is 0.998. The second-order valence-corrected chi connectivity index (χ2v) is 9.87. The smallest absolute Gasteiger partial charge is 0.267 e. The lowest BCUT2D eigenvalue weighted by Crippen LogP contribution is -2.28. The summed E-state index contributed by atoms with van der Waals surface area (Å²) in [5.41, 5.74) is 11.0. The molecule has 0 radical (unpaired) electrons. The average molecular weight is 504 g/mol. The van der Waals surface area contributed by atoms with Gasteiger partial charge in [0.2, 0.25) is 5.95 Å². The summed E-state index contributed by atoms with van der Waals surface area (Å²) < 4.78 is 39.9. The van der Waals surface area contributed by atoms with E-state index in [0.29, 0.717) is 0 Å². The molecule has 2 aromatic heterocycles. The zero-order valence-corrected chi connectivity index (χ0v) is 19.5. The lowest BCUT2D eigenvalue weighted by Gasteiger charge is -2.21. The minimum atomic E-state index is -3.76. The third kappa shape index (κ3) is 4.24. The fourth-order valence-corrected chi connectivity index (χ4v) is 4.56. The van der Waals surface area contributed by atoms with Crippen LogP contribution < -0.4 is 22.3 Å². The number of nitrogens with two attached hydrogens (primary N) is 2. The summed E-state index contributed by atoms with van der Waals surface area (Å²) in [6, 6.07) is 8.88. The standard InChI is InChI=1S/C21H19ClFN7O3S/c1-10(26-18-16(22)17(24)28-21(25)29-18)19-27-13-7-4-8-14(34(2,32)33)15(13)20(31)30(19)12-6-3-5-11(23)9-12/h3-10H,1-2H3,(H5,24,25,26,28,29)/t10-/m0/s1. The highest BCUT2D eigenvalue weighted by atomic mass is 35.5. The molecule has 0 fully saturated rings. The maximum Gasteiger partial charge on any atom is 0.267 e. The second-order valence-electron chi connectivity index (χ2n) is 7.51. The zero-order valence-electron chi connectivity index (χ0n) is 18.0. The normalized spacial score (nSPS) is 12.6. The van der Waals surface area contributed by atoms with E-state index in [1.807, 2.05) is 0 Å². The third-order valence-corrected chi connectivity index (χ3v) is 6.50. The van der Waals surface area contributed by atoms with Gasteiger partial charge in [-0.3, -0.25) is 9.36 Å². The number of nitrogens with one attached hydrogen (secondary N) is 1. The van der Waals surface area contributed by atoms with Crippen molar-refractivity contribution >= 4 is 49.9 Å².